The maximum absolute atomic E-state index is 12.7. The molecule has 1 aromatic carbocycles. The van der Waals surface area contributed by atoms with Crippen molar-refractivity contribution in [1.82, 2.24) is 24.7 Å². The molecule has 0 radical (unpaired) electrons. The average molecular weight is 501 g/mol. The number of amides is 4. The Morgan fingerprint density at radius 2 is 1.67 bits per heavy atom. The van der Waals surface area contributed by atoms with E-state index in [4.69, 9.17) is 5.11 Å². The lowest BCUT2D eigenvalue weighted by Crippen LogP contribution is -2.60. The third kappa shape index (κ3) is 6.60. The highest BCUT2D eigenvalue weighted by Crippen LogP contribution is 2.14. The number of nitrogens with one attached hydrogen (secondary N) is 2. The number of nitrogens with zero attached hydrogens (tertiary/aromatic N) is 4. The summed E-state index contributed by atoms with van der Waals surface area (Å²) >= 11 is 0. The number of aliphatic hydroxyl groups excluding tert-OH is 1. The van der Waals surface area contributed by atoms with Gasteiger partial charge in [-0.1, -0.05) is 19.1 Å². The normalized spacial score (nSPS) is 14.8. The van der Waals surface area contributed by atoms with Crippen LogP contribution in [-0.2, 0) is 11.2 Å². The molecule has 1 aliphatic heterocycles. The van der Waals surface area contributed by atoms with Crippen LogP contribution in [-0.4, -0.2) is 85.4 Å². The van der Waals surface area contributed by atoms with Crippen LogP contribution in [0.2, 0.25) is 0 Å². The maximum Gasteiger partial charge on any atom is 0.405 e. The molecule has 4 N–H and O–H groups in total. The Balaban J connectivity index is 1.58. The summed E-state index contributed by atoms with van der Waals surface area (Å²) in [5.74, 6) is -0.265. The van der Waals surface area contributed by atoms with E-state index in [0.717, 1.165) is 5.56 Å². The Bertz CT molecular complexity index is 1150. The molecule has 0 aliphatic carbocycles. The topological polar surface area (TPSA) is 157 Å². The Kier molecular flexibility index (Phi) is 8.30. The molecule has 1 aromatic heterocycles. The van der Waals surface area contributed by atoms with Gasteiger partial charge in [0, 0.05) is 32.4 Å². The van der Waals surface area contributed by atoms with E-state index in [1.54, 1.807) is 12.1 Å². The van der Waals surface area contributed by atoms with Crippen molar-refractivity contribution in [3.8, 4) is 5.69 Å². The van der Waals surface area contributed by atoms with E-state index in [9.17, 15) is 24.3 Å². The fraction of sp³-hybridized carbons (Fsp3) is 0.458. The van der Waals surface area contributed by atoms with Gasteiger partial charge in [0.05, 0.1) is 11.8 Å². The van der Waals surface area contributed by atoms with Gasteiger partial charge in [0.15, 0.2) is 0 Å². The van der Waals surface area contributed by atoms with Crippen LogP contribution in [0.3, 0.4) is 0 Å². The first-order valence-electron chi connectivity index (χ1n) is 11.7. The van der Waals surface area contributed by atoms with Gasteiger partial charge in [-0.15, -0.1) is 0 Å². The van der Waals surface area contributed by atoms with Gasteiger partial charge < -0.3 is 25.3 Å². The van der Waals surface area contributed by atoms with Gasteiger partial charge in [0.2, 0.25) is 5.91 Å². The number of aromatic nitrogens is 2. The lowest BCUT2D eigenvalue weighted by molar-refractivity contribution is -0.138. The van der Waals surface area contributed by atoms with Crippen molar-refractivity contribution >= 4 is 23.8 Å². The first kappa shape index (κ1) is 26.7. The predicted octanol–water partition coefficient (Wildman–Crippen LogP) is 1.27. The zero-order valence-corrected chi connectivity index (χ0v) is 20.6. The number of piperazine rings is 1. The molecule has 2 aromatic rings. The number of hydrogen-bond donors (Lipinski definition) is 4. The van der Waals surface area contributed by atoms with Gasteiger partial charge in [-0.2, -0.15) is 4.98 Å². The molecule has 12 heteroatoms. The van der Waals surface area contributed by atoms with Gasteiger partial charge >= 0.3 is 17.8 Å². The summed E-state index contributed by atoms with van der Waals surface area (Å²) in [5.41, 5.74) is -0.262. The molecule has 0 saturated carbocycles. The minimum Gasteiger partial charge on any atom is -0.465 e. The van der Waals surface area contributed by atoms with Crippen molar-refractivity contribution in [3.63, 3.8) is 0 Å². The number of hydrogen-bond acceptors (Lipinski definition) is 6. The summed E-state index contributed by atoms with van der Waals surface area (Å²) in [6, 6.07) is 8.31. The lowest BCUT2D eigenvalue weighted by atomic mass is 10.0. The Labute approximate surface area is 208 Å². The molecule has 4 amide bonds. The third-order valence-electron chi connectivity index (χ3n) is 6.00. The quantitative estimate of drug-likeness (QED) is 0.446. The highest BCUT2D eigenvalue weighted by molar-refractivity contribution is 5.90. The van der Waals surface area contributed by atoms with Crippen molar-refractivity contribution in [1.29, 1.82) is 0 Å². The van der Waals surface area contributed by atoms with Crippen molar-refractivity contribution in [2.24, 2.45) is 0 Å². The molecule has 0 bridgehead atoms. The number of carbonyl (C=O) groups is 3. The van der Waals surface area contributed by atoms with E-state index in [0.29, 0.717) is 18.5 Å². The van der Waals surface area contributed by atoms with Crippen LogP contribution in [0.25, 0.3) is 5.69 Å². The van der Waals surface area contributed by atoms with Crippen LogP contribution in [0.4, 0.5) is 15.4 Å². The third-order valence-corrected chi connectivity index (χ3v) is 6.00. The molecule has 1 saturated heterocycles. The predicted molar refractivity (Wildman–Crippen MR) is 132 cm³/mol. The second-order valence-electron chi connectivity index (χ2n) is 9.16. The second kappa shape index (κ2) is 11.2. The molecule has 194 valence electrons. The van der Waals surface area contributed by atoms with Crippen molar-refractivity contribution < 1.29 is 24.6 Å². The molecule has 1 fully saturated rings. The van der Waals surface area contributed by atoms with Crippen LogP contribution < -0.4 is 16.3 Å². The van der Waals surface area contributed by atoms with Crippen LogP contribution in [0.1, 0.15) is 32.8 Å². The summed E-state index contributed by atoms with van der Waals surface area (Å²) < 4.78 is 1.35. The number of carbonyl (C=O) groups excluding carboxylic acids is 2. The second-order valence-corrected chi connectivity index (χ2v) is 9.16. The Hall–Kier alpha value is -3.93. The molecule has 0 spiro atoms. The zero-order valence-electron chi connectivity index (χ0n) is 20.6. The van der Waals surface area contributed by atoms with E-state index in [2.05, 4.69) is 15.6 Å². The molecule has 3 rings (SSSR count). The van der Waals surface area contributed by atoms with Gasteiger partial charge in [0.25, 0.3) is 0 Å². The van der Waals surface area contributed by atoms with Gasteiger partial charge in [-0.3, -0.25) is 14.7 Å². The minimum absolute atomic E-state index is 0.106. The number of urea groups is 1. The summed E-state index contributed by atoms with van der Waals surface area (Å²) in [7, 11) is 0. The molecular formula is C24H32N6O6. The molecule has 2 heterocycles. The number of benzene rings is 1. The number of rotatable bonds is 7. The number of aliphatic hydroxyl groups is 1. The highest BCUT2D eigenvalue weighted by Gasteiger charge is 2.35. The molecule has 1 atom stereocenters. The van der Waals surface area contributed by atoms with E-state index in [-0.39, 0.29) is 37.9 Å². The van der Waals surface area contributed by atoms with E-state index < -0.39 is 29.5 Å². The van der Waals surface area contributed by atoms with Gasteiger partial charge in [0.1, 0.15) is 11.4 Å². The fourth-order valence-corrected chi connectivity index (χ4v) is 3.90. The Morgan fingerprint density at radius 1 is 1.06 bits per heavy atom. The zero-order chi connectivity index (χ0) is 26.5. The smallest absolute Gasteiger partial charge is 0.405 e. The van der Waals surface area contributed by atoms with Crippen LogP contribution in [0, 0.1) is 0 Å². The summed E-state index contributed by atoms with van der Waals surface area (Å²) in [6.07, 6.45) is 1.02. The Morgan fingerprint density at radius 3 is 2.22 bits per heavy atom. The fourth-order valence-electron chi connectivity index (χ4n) is 3.90. The number of carboxylic acid groups (broad SMARTS) is 1. The first-order valence-corrected chi connectivity index (χ1v) is 11.7. The average Bonchev–Trinajstić information content (AvgIpc) is 2.83. The summed E-state index contributed by atoms with van der Waals surface area (Å²) in [5, 5.41) is 23.5. The van der Waals surface area contributed by atoms with Crippen LogP contribution >= 0.6 is 0 Å². The molecule has 36 heavy (non-hydrogen) atoms. The monoisotopic (exact) mass is 500 g/mol. The van der Waals surface area contributed by atoms with Crippen LogP contribution in [0.5, 0.6) is 0 Å². The highest BCUT2D eigenvalue weighted by atomic mass is 16.4. The standard InChI is InChI=1S/C24H32N6O6/c1-4-18(31)15-16-5-7-17(8-6-16)30-10-9-19(26-22(30)34)25-21(33)29-13-11-28(12-14-29)20(32)24(2,3)27-23(35)36/h5-10,18,27,31H,4,11-15H2,1-3H3,(H,35,36)(H,25,26,33,34). The SMILES string of the molecule is CCC(O)Cc1ccc(-n2ccc(NC(=O)N3CCN(C(=O)C(C)(C)NC(=O)O)CC3)nc2=O)cc1. The van der Waals surface area contributed by atoms with Gasteiger partial charge in [-0.05, 0) is 50.5 Å². The van der Waals surface area contributed by atoms with Crippen LogP contribution in [0.15, 0.2) is 41.3 Å². The molecule has 12 nitrogen and oxygen atoms in total. The van der Waals surface area contributed by atoms with E-state index in [1.807, 2.05) is 19.1 Å². The van der Waals surface area contributed by atoms with Crippen molar-refractivity contribution in [2.75, 3.05) is 31.5 Å². The molecular weight excluding hydrogens is 468 g/mol. The number of anilines is 1. The lowest BCUT2D eigenvalue weighted by Gasteiger charge is -2.38. The van der Waals surface area contributed by atoms with Gasteiger partial charge in [-0.25, -0.2) is 14.4 Å². The summed E-state index contributed by atoms with van der Waals surface area (Å²) in [6.45, 7) is 5.88. The minimum atomic E-state index is -1.29. The first-order chi connectivity index (χ1) is 17.0. The van der Waals surface area contributed by atoms with E-state index in [1.165, 1.54) is 40.5 Å². The van der Waals surface area contributed by atoms with Crippen molar-refractivity contribution in [2.45, 2.75) is 45.3 Å². The molecule has 1 aliphatic rings. The molecule has 1 unspecified atom stereocenters. The van der Waals surface area contributed by atoms with Crippen molar-refractivity contribution in [3.05, 3.63) is 52.6 Å². The summed E-state index contributed by atoms with van der Waals surface area (Å²) in [4.78, 5) is 55.7. The largest absolute Gasteiger partial charge is 0.465 e. The van der Waals surface area contributed by atoms with E-state index >= 15 is 0 Å². The maximum atomic E-state index is 12.7.